The van der Waals surface area contributed by atoms with E-state index >= 15 is 0 Å². The summed E-state index contributed by atoms with van der Waals surface area (Å²) in [4.78, 5) is 0. The van der Waals surface area contributed by atoms with E-state index in [4.69, 9.17) is 9.84 Å². The maximum absolute atomic E-state index is 9.64. The molecule has 1 aliphatic heterocycles. The summed E-state index contributed by atoms with van der Waals surface area (Å²) < 4.78 is 5.26. The lowest BCUT2D eigenvalue weighted by molar-refractivity contribution is -0.236. The molecule has 96 valence electrons. The largest absolute Gasteiger partial charge is 0.394 e. The molecule has 0 aromatic carbocycles. The quantitative estimate of drug-likeness (QED) is 0.359. The van der Waals surface area contributed by atoms with E-state index in [1.165, 1.54) is 0 Å². The molecule has 1 fully saturated rings. The van der Waals surface area contributed by atoms with E-state index in [1.54, 1.807) is 0 Å². The Labute approximate surface area is 94.9 Å². The fourth-order valence-electron chi connectivity index (χ4n) is 1.69. The first kappa shape index (κ1) is 13.8. The van der Waals surface area contributed by atoms with Crippen LogP contribution in [0.2, 0.25) is 0 Å². The van der Waals surface area contributed by atoms with Crippen molar-refractivity contribution in [3.63, 3.8) is 0 Å². The number of ether oxygens (including phenoxy) is 1. The molecule has 1 saturated heterocycles. The van der Waals surface area contributed by atoms with Gasteiger partial charge in [0.05, 0.1) is 6.61 Å². The highest BCUT2D eigenvalue weighted by molar-refractivity contribution is 4.90. The summed E-state index contributed by atoms with van der Waals surface area (Å²) in [7, 11) is 0. The fourth-order valence-corrected chi connectivity index (χ4v) is 1.69. The molecule has 0 unspecified atom stereocenters. The summed E-state index contributed by atoms with van der Waals surface area (Å²) >= 11 is 0. The molecule has 5 atom stereocenters. The van der Waals surface area contributed by atoms with Crippen LogP contribution >= 0.6 is 0 Å². The third-order valence-corrected chi connectivity index (χ3v) is 2.77. The summed E-state index contributed by atoms with van der Waals surface area (Å²) in [6.45, 7) is 2.30. The summed E-state index contributed by atoms with van der Waals surface area (Å²) in [5, 5.41) is 40.5. The maximum Gasteiger partial charge on any atom is 0.137 e. The Morgan fingerprint density at radius 1 is 1.12 bits per heavy atom. The van der Waals surface area contributed by atoms with Crippen molar-refractivity contribution < 1.29 is 25.2 Å². The molecular weight excluding hydrogens is 214 g/mol. The van der Waals surface area contributed by atoms with Crippen LogP contribution in [0, 0.1) is 0 Å². The van der Waals surface area contributed by atoms with Crippen molar-refractivity contribution in [2.24, 2.45) is 0 Å². The lowest BCUT2D eigenvalue weighted by Gasteiger charge is -2.40. The molecule has 0 saturated carbocycles. The van der Waals surface area contributed by atoms with Gasteiger partial charge in [0.15, 0.2) is 0 Å². The Bertz CT molecular complexity index is 202. The van der Waals surface area contributed by atoms with Gasteiger partial charge in [0, 0.05) is 0 Å². The molecule has 6 nitrogen and oxygen atoms in total. The van der Waals surface area contributed by atoms with Crippen LogP contribution in [0.15, 0.2) is 0 Å². The van der Waals surface area contributed by atoms with Crippen LogP contribution in [-0.2, 0) is 4.74 Å². The topological polar surface area (TPSA) is 102 Å². The van der Waals surface area contributed by atoms with Crippen LogP contribution in [0.3, 0.4) is 0 Å². The SMILES string of the molecule is CCCCN[C@@H]1O[C@H](CO)[C@@H](O)[C@H](O)[C@@H]1O. The van der Waals surface area contributed by atoms with Crippen LogP contribution in [0.1, 0.15) is 19.8 Å². The van der Waals surface area contributed by atoms with Crippen LogP contribution in [0.4, 0.5) is 0 Å². The predicted molar refractivity (Wildman–Crippen MR) is 56.7 cm³/mol. The van der Waals surface area contributed by atoms with E-state index in [1.807, 2.05) is 6.92 Å². The van der Waals surface area contributed by atoms with Gasteiger partial charge in [0.25, 0.3) is 0 Å². The lowest BCUT2D eigenvalue weighted by atomic mass is 9.98. The third kappa shape index (κ3) is 3.13. The molecule has 0 amide bonds. The minimum atomic E-state index is -1.30. The van der Waals surface area contributed by atoms with E-state index in [-0.39, 0.29) is 0 Å². The zero-order chi connectivity index (χ0) is 12.1. The number of rotatable bonds is 5. The number of hydrogen-bond acceptors (Lipinski definition) is 6. The highest BCUT2D eigenvalue weighted by Gasteiger charge is 2.42. The molecule has 6 heteroatoms. The third-order valence-electron chi connectivity index (χ3n) is 2.77. The second-order valence-corrected chi connectivity index (χ2v) is 4.06. The van der Waals surface area contributed by atoms with E-state index in [0.717, 1.165) is 12.8 Å². The highest BCUT2D eigenvalue weighted by Crippen LogP contribution is 2.19. The zero-order valence-corrected chi connectivity index (χ0v) is 9.41. The van der Waals surface area contributed by atoms with Gasteiger partial charge in [0.1, 0.15) is 30.6 Å². The maximum atomic E-state index is 9.64. The molecule has 0 spiro atoms. The molecule has 0 radical (unpaired) electrons. The van der Waals surface area contributed by atoms with Crippen molar-refractivity contribution in [3.8, 4) is 0 Å². The average Bonchev–Trinajstić information content (AvgIpc) is 2.29. The number of aliphatic hydroxyl groups is 4. The summed E-state index contributed by atoms with van der Waals surface area (Å²) in [5.74, 6) is 0. The van der Waals surface area contributed by atoms with Crippen molar-refractivity contribution in [1.29, 1.82) is 0 Å². The number of nitrogens with one attached hydrogen (secondary N) is 1. The Hall–Kier alpha value is -0.240. The van der Waals surface area contributed by atoms with Crippen molar-refractivity contribution in [2.45, 2.75) is 50.4 Å². The normalized spacial score (nSPS) is 39.9. The van der Waals surface area contributed by atoms with Crippen LogP contribution in [-0.4, -0.2) is 64.2 Å². The first-order chi connectivity index (χ1) is 7.61. The van der Waals surface area contributed by atoms with Crippen LogP contribution in [0.25, 0.3) is 0 Å². The van der Waals surface area contributed by atoms with Crippen molar-refractivity contribution in [2.75, 3.05) is 13.2 Å². The van der Waals surface area contributed by atoms with Gasteiger partial charge in [-0.15, -0.1) is 0 Å². The van der Waals surface area contributed by atoms with Gasteiger partial charge >= 0.3 is 0 Å². The van der Waals surface area contributed by atoms with Crippen LogP contribution in [0.5, 0.6) is 0 Å². The van der Waals surface area contributed by atoms with Crippen molar-refractivity contribution in [3.05, 3.63) is 0 Å². The smallest absolute Gasteiger partial charge is 0.137 e. The molecule has 1 rings (SSSR count). The minimum Gasteiger partial charge on any atom is -0.394 e. The number of aliphatic hydroxyl groups excluding tert-OH is 4. The first-order valence-electron chi connectivity index (χ1n) is 5.65. The monoisotopic (exact) mass is 235 g/mol. The Balaban J connectivity index is 2.50. The highest BCUT2D eigenvalue weighted by atomic mass is 16.6. The van der Waals surface area contributed by atoms with Gasteiger partial charge in [-0.1, -0.05) is 13.3 Å². The molecule has 1 aliphatic rings. The van der Waals surface area contributed by atoms with Gasteiger partial charge < -0.3 is 25.2 Å². The second kappa shape index (κ2) is 6.48. The standard InChI is InChI=1S/C10H21NO5/c1-2-3-4-11-10-9(15)8(14)7(13)6(5-12)16-10/h6-15H,2-5H2,1H3/t6-,7-,8+,9+,10-/m1/s1. The summed E-state index contributed by atoms with van der Waals surface area (Å²) in [5.41, 5.74) is 0. The zero-order valence-electron chi connectivity index (χ0n) is 9.41. The van der Waals surface area contributed by atoms with Crippen molar-refractivity contribution in [1.82, 2.24) is 5.32 Å². The van der Waals surface area contributed by atoms with E-state index in [9.17, 15) is 15.3 Å². The first-order valence-corrected chi connectivity index (χ1v) is 5.65. The van der Waals surface area contributed by atoms with Gasteiger partial charge in [-0.05, 0) is 13.0 Å². The molecule has 16 heavy (non-hydrogen) atoms. The number of hydrogen-bond donors (Lipinski definition) is 5. The lowest BCUT2D eigenvalue weighted by Crippen LogP contribution is -2.62. The number of unbranched alkanes of at least 4 members (excludes halogenated alkanes) is 1. The Morgan fingerprint density at radius 2 is 1.81 bits per heavy atom. The molecule has 0 aliphatic carbocycles. The van der Waals surface area contributed by atoms with Gasteiger partial charge in [-0.25, -0.2) is 0 Å². The minimum absolute atomic E-state index is 0.392. The molecule has 0 aromatic heterocycles. The second-order valence-electron chi connectivity index (χ2n) is 4.06. The fraction of sp³-hybridized carbons (Fsp3) is 1.00. The van der Waals surface area contributed by atoms with Crippen molar-refractivity contribution >= 4 is 0 Å². The van der Waals surface area contributed by atoms with Crippen LogP contribution < -0.4 is 5.32 Å². The predicted octanol–water partition coefficient (Wildman–Crippen LogP) is -1.82. The summed E-state index contributed by atoms with van der Waals surface area (Å²) in [6, 6.07) is 0. The van der Waals surface area contributed by atoms with E-state index in [2.05, 4.69) is 5.32 Å². The van der Waals surface area contributed by atoms with E-state index < -0.39 is 37.3 Å². The van der Waals surface area contributed by atoms with E-state index in [0.29, 0.717) is 6.54 Å². The molecule has 0 bridgehead atoms. The van der Waals surface area contributed by atoms with Gasteiger partial charge in [0.2, 0.25) is 0 Å². The summed E-state index contributed by atoms with van der Waals surface area (Å²) in [6.07, 6.45) is -3.43. The average molecular weight is 235 g/mol. The van der Waals surface area contributed by atoms with Gasteiger partial charge in [-0.3, -0.25) is 5.32 Å². The molecule has 1 heterocycles. The molecule has 5 N–H and O–H groups in total. The Kier molecular flexibility index (Phi) is 5.60. The Morgan fingerprint density at radius 3 is 2.38 bits per heavy atom. The van der Waals surface area contributed by atoms with Gasteiger partial charge in [-0.2, -0.15) is 0 Å². The molecule has 0 aromatic rings. The molecular formula is C10H21NO5.